The van der Waals surface area contributed by atoms with Crippen LogP contribution in [-0.4, -0.2) is 50.5 Å². The fourth-order valence-electron chi connectivity index (χ4n) is 1.67. The molecule has 8 heteroatoms. The Morgan fingerprint density at radius 1 is 1.15 bits per heavy atom. The fourth-order valence-corrected chi connectivity index (χ4v) is 2.44. The first-order valence-electron chi connectivity index (χ1n) is 9.70. The molecule has 0 amide bonds. The molecule has 2 N–H and O–H groups in total. The predicted octanol–water partition coefficient (Wildman–Crippen LogP) is 4.18. The van der Waals surface area contributed by atoms with Crippen molar-refractivity contribution in [2.24, 2.45) is 5.29 Å². The zero-order valence-electron chi connectivity index (χ0n) is 18.7. The van der Waals surface area contributed by atoms with E-state index in [1.807, 2.05) is 53.7 Å². The number of nitrogens with one attached hydrogen (secondary N) is 2. The van der Waals surface area contributed by atoms with Crippen LogP contribution in [0.25, 0.3) is 0 Å². The van der Waals surface area contributed by atoms with Gasteiger partial charge in [0.15, 0.2) is 23.9 Å². The van der Waals surface area contributed by atoms with E-state index in [1.165, 1.54) is 0 Å². The smallest absolute Gasteiger partial charge is 0.164 e. The third-order valence-corrected chi connectivity index (χ3v) is 3.76. The number of likely N-dealkylation sites (N-methyl/N-ethyl adjacent to an activating group) is 1. The minimum Gasteiger partial charge on any atom is -0.459 e. The third kappa shape index (κ3) is 16.7. The Morgan fingerprint density at radius 2 is 1.70 bits per heavy atom. The highest BCUT2D eigenvalue weighted by atomic mass is 32.2. The van der Waals surface area contributed by atoms with Crippen molar-refractivity contribution < 1.29 is 13.8 Å². The predicted molar refractivity (Wildman–Crippen MR) is 117 cm³/mol. The first-order chi connectivity index (χ1) is 13.0. The largest absolute Gasteiger partial charge is 0.459 e. The van der Waals surface area contributed by atoms with Crippen molar-refractivity contribution in [2.45, 2.75) is 60.0 Å². The molecule has 0 radical (unpaired) electrons. The molecule has 0 spiro atoms. The Morgan fingerprint density at radius 3 is 2.19 bits per heavy atom. The van der Waals surface area contributed by atoms with Crippen LogP contribution in [0, 0.1) is 4.91 Å². The molecule has 1 aromatic heterocycles. The van der Waals surface area contributed by atoms with Gasteiger partial charge < -0.3 is 9.21 Å². The molecule has 0 aliphatic heterocycles. The number of carbonyl (C=O) groups is 1. The Balaban J connectivity index is -0.000000869. The summed E-state index contributed by atoms with van der Waals surface area (Å²) in [5, 5.41) is 8.94. The van der Waals surface area contributed by atoms with Crippen molar-refractivity contribution in [1.82, 2.24) is 10.6 Å². The van der Waals surface area contributed by atoms with Crippen LogP contribution in [0.1, 0.15) is 53.1 Å². The van der Waals surface area contributed by atoms with E-state index < -0.39 is 0 Å². The topological polar surface area (TPSA) is 83.7 Å². The first kappa shape index (κ1) is 30.5. The number of hydrogen-bond donors (Lipinski definition) is 2. The van der Waals surface area contributed by atoms with Gasteiger partial charge in [0.2, 0.25) is 0 Å². The average Bonchev–Trinajstić information content (AvgIpc) is 3.16. The van der Waals surface area contributed by atoms with E-state index in [2.05, 4.69) is 15.9 Å². The second-order valence-corrected chi connectivity index (χ2v) is 6.24. The number of aldehydes is 1. The third-order valence-electron chi connectivity index (χ3n) is 2.78. The van der Waals surface area contributed by atoms with Gasteiger partial charge in [-0.3, -0.25) is 10.6 Å². The van der Waals surface area contributed by atoms with Crippen molar-refractivity contribution in [3.8, 4) is 0 Å². The standard InChI is InChI=1S/C13H23N4O3S.3C2H6/c1-14-13(9-18)15-6-7-21-10-12-5-4-11(20-12)8-17(2,3)16-19;3*1-2/h4-5,9,13-15H,6-8,10H2,1-3H3;3*1-2H3/q+1;;;. The van der Waals surface area contributed by atoms with Gasteiger partial charge in [0.1, 0.15) is 11.9 Å². The summed E-state index contributed by atoms with van der Waals surface area (Å²) in [5.74, 6) is 3.26. The SMILES string of the molecule is CC.CC.CC.CNC(C=O)NCCSCc1ccc(C[N+](C)(C)N=O)o1. The quantitative estimate of drug-likeness (QED) is 0.143. The fraction of sp³-hybridized carbons (Fsp3) is 0.737. The van der Waals surface area contributed by atoms with Gasteiger partial charge in [-0.05, 0) is 19.2 Å². The first-order valence-corrected chi connectivity index (χ1v) is 10.9. The monoisotopic (exact) mass is 405 g/mol. The van der Waals surface area contributed by atoms with Gasteiger partial charge in [-0.1, -0.05) is 46.4 Å². The van der Waals surface area contributed by atoms with Gasteiger partial charge in [0.05, 0.1) is 19.8 Å². The lowest BCUT2D eigenvalue weighted by atomic mass is 10.4. The summed E-state index contributed by atoms with van der Waals surface area (Å²) in [6.45, 7) is 13.2. The number of furan rings is 1. The number of carbonyl (C=O) groups excluding carboxylic acids is 1. The van der Waals surface area contributed by atoms with E-state index in [0.29, 0.717) is 6.54 Å². The number of thioether (sulfide) groups is 1. The lowest BCUT2D eigenvalue weighted by Crippen LogP contribution is -2.42. The van der Waals surface area contributed by atoms with E-state index >= 15 is 0 Å². The average molecular weight is 406 g/mol. The summed E-state index contributed by atoms with van der Waals surface area (Å²) in [5.41, 5.74) is 0. The van der Waals surface area contributed by atoms with Gasteiger partial charge in [0, 0.05) is 12.3 Å². The lowest BCUT2D eigenvalue weighted by molar-refractivity contribution is -0.912. The molecule has 1 aromatic rings. The van der Waals surface area contributed by atoms with E-state index in [0.717, 1.165) is 35.9 Å². The Bertz CT molecular complexity index is 454. The van der Waals surface area contributed by atoms with Crippen LogP contribution < -0.4 is 10.6 Å². The van der Waals surface area contributed by atoms with Crippen LogP contribution in [0.5, 0.6) is 0 Å². The van der Waals surface area contributed by atoms with Gasteiger partial charge in [-0.2, -0.15) is 16.4 Å². The van der Waals surface area contributed by atoms with E-state index in [4.69, 9.17) is 4.42 Å². The normalized spacial score (nSPS) is 10.9. The van der Waals surface area contributed by atoms with E-state index in [-0.39, 0.29) is 10.8 Å². The molecular formula is C19H41N4O3S+. The van der Waals surface area contributed by atoms with Crippen LogP contribution in [0.3, 0.4) is 0 Å². The number of nitroso groups, excluding NO2 is 1. The molecule has 1 atom stereocenters. The highest BCUT2D eigenvalue weighted by Crippen LogP contribution is 2.18. The number of quaternary nitrogens is 1. The Kier molecular flexibility index (Phi) is 23.8. The molecular weight excluding hydrogens is 364 g/mol. The van der Waals surface area contributed by atoms with E-state index in [9.17, 15) is 9.70 Å². The second kappa shape index (κ2) is 21.1. The summed E-state index contributed by atoms with van der Waals surface area (Å²) in [6, 6.07) is 3.80. The molecule has 1 unspecified atom stereocenters. The summed E-state index contributed by atoms with van der Waals surface area (Å²) in [4.78, 5) is 21.2. The molecule has 1 rings (SSSR count). The summed E-state index contributed by atoms with van der Waals surface area (Å²) >= 11 is 1.72. The minimum atomic E-state index is -0.295. The molecule has 1 heterocycles. The van der Waals surface area contributed by atoms with Gasteiger partial charge in [-0.25, -0.2) is 0 Å². The second-order valence-electron chi connectivity index (χ2n) is 5.14. The molecule has 0 saturated carbocycles. The molecule has 7 nitrogen and oxygen atoms in total. The van der Waals surface area contributed by atoms with Crippen molar-refractivity contribution >= 4 is 18.0 Å². The van der Waals surface area contributed by atoms with Crippen LogP contribution in [-0.2, 0) is 17.1 Å². The zero-order chi connectivity index (χ0) is 21.7. The maximum absolute atomic E-state index is 10.6. The molecule has 0 fully saturated rings. The van der Waals surface area contributed by atoms with Crippen LogP contribution >= 0.6 is 11.8 Å². The molecule has 0 bridgehead atoms. The summed E-state index contributed by atoms with van der Waals surface area (Å²) in [7, 11) is 5.18. The summed E-state index contributed by atoms with van der Waals surface area (Å²) in [6.07, 6.45) is 0.543. The van der Waals surface area contributed by atoms with Gasteiger partial charge in [-0.15, -0.1) is 0 Å². The molecule has 0 aliphatic carbocycles. The van der Waals surface area contributed by atoms with Crippen LogP contribution in [0.15, 0.2) is 21.8 Å². The molecule has 27 heavy (non-hydrogen) atoms. The maximum Gasteiger partial charge on any atom is 0.164 e. The number of nitrogens with zero attached hydrogens (tertiary/aromatic N) is 2. The minimum absolute atomic E-state index is 0.00111. The Hall–Kier alpha value is -1.22. The van der Waals surface area contributed by atoms with Crippen molar-refractivity contribution in [1.29, 1.82) is 0 Å². The van der Waals surface area contributed by atoms with E-state index in [1.54, 1.807) is 32.9 Å². The molecule has 0 aliphatic rings. The molecule has 0 aromatic carbocycles. The van der Waals surface area contributed by atoms with Gasteiger partial charge in [0.25, 0.3) is 0 Å². The van der Waals surface area contributed by atoms with Crippen molar-refractivity contribution in [2.75, 3.05) is 33.4 Å². The maximum atomic E-state index is 10.6. The number of rotatable bonds is 11. The van der Waals surface area contributed by atoms with Crippen LogP contribution in [0.4, 0.5) is 0 Å². The van der Waals surface area contributed by atoms with Crippen molar-refractivity contribution in [3.63, 3.8) is 0 Å². The zero-order valence-corrected chi connectivity index (χ0v) is 19.5. The van der Waals surface area contributed by atoms with Gasteiger partial charge >= 0.3 is 0 Å². The van der Waals surface area contributed by atoms with Crippen molar-refractivity contribution in [3.05, 3.63) is 28.6 Å². The highest BCUT2D eigenvalue weighted by molar-refractivity contribution is 7.98. The van der Waals surface area contributed by atoms with Crippen LogP contribution in [0.2, 0.25) is 0 Å². The number of hydrogen-bond acceptors (Lipinski definition) is 7. The highest BCUT2D eigenvalue weighted by Gasteiger charge is 2.19. The lowest BCUT2D eigenvalue weighted by Gasteiger charge is -2.15. The molecule has 0 saturated heterocycles. The Labute approximate surface area is 170 Å². The molecule has 160 valence electrons. The summed E-state index contributed by atoms with van der Waals surface area (Å²) < 4.78 is 5.67.